The summed E-state index contributed by atoms with van der Waals surface area (Å²) in [5, 5.41) is 7.24. The number of carbonyl (C=O) groups excluding carboxylic acids is 1. The second-order valence-corrected chi connectivity index (χ2v) is 7.55. The van der Waals surface area contributed by atoms with Crippen molar-refractivity contribution in [2.24, 2.45) is 7.05 Å². The van der Waals surface area contributed by atoms with Gasteiger partial charge in [-0.25, -0.2) is 4.39 Å². The summed E-state index contributed by atoms with van der Waals surface area (Å²) in [5.74, 6) is -0.515. The SMILES string of the molecule is Cc1cc(-c2cc(C(=O)Nc3ccc(N4CCCCC4)cc3)nn2C)ccc1F. The maximum Gasteiger partial charge on any atom is 0.276 e. The average molecular weight is 392 g/mol. The molecule has 1 aliphatic heterocycles. The molecule has 150 valence electrons. The van der Waals surface area contributed by atoms with Gasteiger partial charge in [0.05, 0.1) is 5.69 Å². The molecule has 0 aliphatic carbocycles. The van der Waals surface area contributed by atoms with Gasteiger partial charge in [0.25, 0.3) is 5.91 Å². The Balaban J connectivity index is 1.48. The quantitative estimate of drug-likeness (QED) is 0.695. The summed E-state index contributed by atoms with van der Waals surface area (Å²) in [4.78, 5) is 15.0. The van der Waals surface area contributed by atoms with Crippen LogP contribution in [0.2, 0.25) is 0 Å². The van der Waals surface area contributed by atoms with Crippen LogP contribution >= 0.6 is 0 Å². The van der Waals surface area contributed by atoms with E-state index in [1.165, 1.54) is 31.0 Å². The van der Waals surface area contributed by atoms with Crippen molar-refractivity contribution >= 4 is 17.3 Å². The van der Waals surface area contributed by atoms with Crippen molar-refractivity contribution in [3.63, 3.8) is 0 Å². The van der Waals surface area contributed by atoms with Crippen LogP contribution in [0.15, 0.2) is 48.5 Å². The second-order valence-electron chi connectivity index (χ2n) is 7.55. The van der Waals surface area contributed by atoms with E-state index < -0.39 is 0 Å². The molecule has 0 spiro atoms. The lowest BCUT2D eigenvalue weighted by Gasteiger charge is -2.28. The van der Waals surface area contributed by atoms with Crippen molar-refractivity contribution in [3.8, 4) is 11.3 Å². The minimum absolute atomic E-state index is 0.248. The summed E-state index contributed by atoms with van der Waals surface area (Å²) >= 11 is 0. The van der Waals surface area contributed by atoms with Gasteiger partial charge in [-0.15, -0.1) is 0 Å². The summed E-state index contributed by atoms with van der Waals surface area (Å²) in [6.45, 7) is 3.90. The van der Waals surface area contributed by atoms with E-state index in [-0.39, 0.29) is 11.7 Å². The first kappa shape index (κ1) is 19.2. The Morgan fingerprint density at radius 1 is 1.03 bits per heavy atom. The summed E-state index contributed by atoms with van der Waals surface area (Å²) in [5.41, 5.74) is 4.39. The standard InChI is InChI=1S/C23H25FN4O/c1-16-14-17(6-11-20(16)24)22-15-21(26-27(22)2)23(29)25-18-7-9-19(10-8-18)28-12-4-3-5-13-28/h6-11,14-15H,3-5,12-13H2,1-2H3,(H,25,29). The average Bonchev–Trinajstić information content (AvgIpc) is 3.13. The van der Waals surface area contributed by atoms with Crippen molar-refractivity contribution < 1.29 is 9.18 Å². The molecule has 1 N–H and O–H groups in total. The number of nitrogens with zero attached hydrogens (tertiary/aromatic N) is 3. The van der Waals surface area contributed by atoms with E-state index in [0.29, 0.717) is 11.3 Å². The summed E-state index contributed by atoms with van der Waals surface area (Å²) in [6, 6.07) is 14.6. The van der Waals surface area contributed by atoms with Crippen molar-refractivity contribution in [1.82, 2.24) is 9.78 Å². The number of nitrogens with one attached hydrogen (secondary N) is 1. The fourth-order valence-corrected chi connectivity index (χ4v) is 3.76. The lowest BCUT2D eigenvalue weighted by Crippen LogP contribution is -2.29. The number of benzene rings is 2. The van der Waals surface area contributed by atoms with E-state index in [1.54, 1.807) is 36.9 Å². The highest BCUT2D eigenvalue weighted by Crippen LogP contribution is 2.24. The predicted octanol–water partition coefficient (Wildman–Crippen LogP) is 4.78. The number of piperidine rings is 1. The molecular weight excluding hydrogens is 367 g/mol. The maximum atomic E-state index is 13.5. The molecule has 0 saturated carbocycles. The fourth-order valence-electron chi connectivity index (χ4n) is 3.76. The Labute approximate surface area is 170 Å². The first-order chi connectivity index (χ1) is 14.0. The molecule has 1 aliphatic rings. The minimum Gasteiger partial charge on any atom is -0.372 e. The molecule has 29 heavy (non-hydrogen) atoms. The van der Waals surface area contributed by atoms with E-state index in [0.717, 1.165) is 30.0 Å². The zero-order valence-corrected chi connectivity index (χ0v) is 16.8. The highest BCUT2D eigenvalue weighted by Gasteiger charge is 2.16. The lowest BCUT2D eigenvalue weighted by atomic mass is 10.1. The van der Waals surface area contributed by atoms with Gasteiger partial charge in [-0.2, -0.15) is 5.10 Å². The largest absolute Gasteiger partial charge is 0.372 e. The summed E-state index contributed by atoms with van der Waals surface area (Å²) in [7, 11) is 1.78. The zero-order valence-electron chi connectivity index (χ0n) is 16.8. The van der Waals surface area contributed by atoms with Crippen molar-refractivity contribution in [2.75, 3.05) is 23.3 Å². The Kier molecular flexibility index (Phi) is 5.34. The number of halogens is 1. The molecule has 0 unspecified atom stereocenters. The van der Waals surface area contributed by atoms with E-state index in [9.17, 15) is 9.18 Å². The van der Waals surface area contributed by atoms with Crippen LogP contribution in [0, 0.1) is 12.7 Å². The molecule has 2 heterocycles. The van der Waals surface area contributed by atoms with Crippen LogP contribution in [0.3, 0.4) is 0 Å². The first-order valence-electron chi connectivity index (χ1n) is 9.98. The molecule has 4 rings (SSSR count). The smallest absolute Gasteiger partial charge is 0.276 e. The van der Waals surface area contributed by atoms with Crippen LogP contribution in [-0.2, 0) is 7.05 Å². The predicted molar refractivity (Wildman–Crippen MR) is 114 cm³/mol. The summed E-state index contributed by atoms with van der Waals surface area (Å²) < 4.78 is 15.2. The van der Waals surface area contributed by atoms with Crippen LogP contribution in [0.25, 0.3) is 11.3 Å². The molecule has 0 atom stereocenters. The van der Waals surface area contributed by atoms with Gasteiger partial charge in [-0.3, -0.25) is 9.48 Å². The maximum absolute atomic E-state index is 13.5. The van der Waals surface area contributed by atoms with E-state index in [4.69, 9.17) is 0 Å². The molecule has 0 bridgehead atoms. The van der Waals surface area contributed by atoms with Crippen LogP contribution in [-0.4, -0.2) is 28.8 Å². The third kappa shape index (κ3) is 4.16. The van der Waals surface area contributed by atoms with Crippen molar-refractivity contribution in [3.05, 3.63) is 65.6 Å². The highest BCUT2D eigenvalue weighted by atomic mass is 19.1. The zero-order chi connectivity index (χ0) is 20.4. The molecule has 1 aromatic heterocycles. The molecule has 5 nitrogen and oxygen atoms in total. The van der Waals surface area contributed by atoms with Gasteiger partial charge in [0.2, 0.25) is 0 Å². The third-order valence-electron chi connectivity index (χ3n) is 5.41. The third-order valence-corrected chi connectivity index (χ3v) is 5.41. The van der Waals surface area contributed by atoms with E-state index in [2.05, 4.69) is 15.3 Å². The number of amides is 1. The molecule has 6 heteroatoms. The second kappa shape index (κ2) is 8.07. The van der Waals surface area contributed by atoms with Gasteiger partial charge in [0, 0.05) is 37.1 Å². The Morgan fingerprint density at radius 3 is 2.45 bits per heavy atom. The van der Waals surface area contributed by atoms with E-state index in [1.807, 2.05) is 24.3 Å². The summed E-state index contributed by atoms with van der Waals surface area (Å²) in [6.07, 6.45) is 3.76. The molecular formula is C23H25FN4O. The Morgan fingerprint density at radius 2 is 1.76 bits per heavy atom. The number of rotatable bonds is 4. The van der Waals surface area contributed by atoms with Crippen LogP contribution in [0.4, 0.5) is 15.8 Å². The number of aryl methyl sites for hydroxylation is 2. The monoisotopic (exact) mass is 392 g/mol. The lowest BCUT2D eigenvalue weighted by molar-refractivity contribution is 0.102. The van der Waals surface area contributed by atoms with Crippen LogP contribution in [0.1, 0.15) is 35.3 Å². The topological polar surface area (TPSA) is 50.2 Å². The molecule has 1 amide bonds. The van der Waals surface area contributed by atoms with Crippen LogP contribution < -0.4 is 10.2 Å². The molecule has 3 aromatic rings. The number of anilines is 2. The molecule has 1 saturated heterocycles. The van der Waals surface area contributed by atoms with Gasteiger partial charge in [0.15, 0.2) is 5.69 Å². The van der Waals surface area contributed by atoms with Crippen molar-refractivity contribution in [1.29, 1.82) is 0 Å². The van der Waals surface area contributed by atoms with Gasteiger partial charge < -0.3 is 10.2 Å². The van der Waals surface area contributed by atoms with Crippen LogP contribution in [0.5, 0.6) is 0 Å². The van der Waals surface area contributed by atoms with E-state index >= 15 is 0 Å². The number of hydrogen-bond donors (Lipinski definition) is 1. The Hall–Kier alpha value is -3.15. The highest BCUT2D eigenvalue weighted by molar-refractivity contribution is 6.03. The van der Waals surface area contributed by atoms with Crippen molar-refractivity contribution in [2.45, 2.75) is 26.2 Å². The van der Waals surface area contributed by atoms with Gasteiger partial charge >= 0.3 is 0 Å². The molecule has 0 radical (unpaired) electrons. The first-order valence-corrected chi connectivity index (χ1v) is 9.98. The van der Waals surface area contributed by atoms with Gasteiger partial charge in [-0.05, 0) is 80.3 Å². The number of carbonyl (C=O) groups is 1. The van der Waals surface area contributed by atoms with Gasteiger partial charge in [0.1, 0.15) is 5.82 Å². The normalized spacial score (nSPS) is 14.1. The molecule has 2 aromatic carbocycles. The number of hydrogen-bond acceptors (Lipinski definition) is 3. The minimum atomic E-state index is -0.267. The number of aromatic nitrogens is 2. The van der Waals surface area contributed by atoms with Gasteiger partial charge in [-0.1, -0.05) is 0 Å². The fraction of sp³-hybridized carbons (Fsp3) is 0.304. The Bertz CT molecular complexity index is 1020. The molecule has 1 fully saturated rings.